The van der Waals surface area contributed by atoms with E-state index in [0.717, 1.165) is 13.8 Å². The fourth-order valence-electron chi connectivity index (χ4n) is 2.48. The van der Waals surface area contributed by atoms with E-state index in [1.54, 1.807) is 0 Å². The fraction of sp³-hybridized carbons (Fsp3) is 0.667. The van der Waals surface area contributed by atoms with Gasteiger partial charge in [-0.15, -0.1) is 0 Å². The van der Waals surface area contributed by atoms with E-state index < -0.39 is 54.3 Å². The maximum Gasteiger partial charge on any atom is 0.303 e. The molecule has 1 amide bonds. The second-order valence-corrected chi connectivity index (χ2v) is 5.45. The highest BCUT2D eigenvalue weighted by Crippen LogP contribution is 2.26. The van der Waals surface area contributed by atoms with Gasteiger partial charge < -0.3 is 29.1 Å². The van der Waals surface area contributed by atoms with Crippen LogP contribution in [0.2, 0.25) is 0 Å². The van der Waals surface area contributed by atoms with Gasteiger partial charge in [0, 0.05) is 27.7 Å². The molecule has 1 saturated heterocycles. The Morgan fingerprint density at radius 3 is 1.96 bits per heavy atom. The van der Waals surface area contributed by atoms with E-state index in [9.17, 15) is 24.0 Å². The second-order valence-electron chi connectivity index (χ2n) is 5.45. The average Bonchev–Trinajstić information content (AvgIpc) is 2.48. The molecule has 10 heteroatoms. The second kappa shape index (κ2) is 9.11. The highest BCUT2D eigenvalue weighted by Gasteiger charge is 2.50. The summed E-state index contributed by atoms with van der Waals surface area (Å²) in [5.74, 6) is -2.53. The number of carbonyl (C=O) groups is 5. The Labute approximate surface area is 144 Å². The molecule has 0 unspecified atom stereocenters. The van der Waals surface area contributed by atoms with Gasteiger partial charge in [0.25, 0.3) is 0 Å². The van der Waals surface area contributed by atoms with Crippen LogP contribution in [0, 0.1) is 0 Å². The fourth-order valence-corrected chi connectivity index (χ4v) is 2.48. The van der Waals surface area contributed by atoms with Gasteiger partial charge in [-0.25, -0.2) is 0 Å². The molecule has 0 aliphatic carbocycles. The van der Waals surface area contributed by atoms with Crippen LogP contribution in [0.1, 0.15) is 27.7 Å². The molecule has 140 valence electrons. The van der Waals surface area contributed by atoms with E-state index in [-0.39, 0.29) is 6.61 Å². The molecule has 25 heavy (non-hydrogen) atoms. The lowest BCUT2D eigenvalue weighted by Gasteiger charge is -2.43. The molecule has 1 fully saturated rings. The van der Waals surface area contributed by atoms with E-state index >= 15 is 0 Å². The van der Waals surface area contributed by atoms with E-state index in [1.165, 1.54) is 13.8 Å². The Morgan fingerprint density at radius 1 is 0.960 bits per heavy atom. The van der Waals surface area contributed by atoms with Crippen LogP contribution in [0.4, 0.5) is 0 Å². The Bertz CT molecular complexity index is 547. The van der Waals surface area contributed by atoms with Crippen molar-refractivity contribution < 1.29 is 42.9 Å². The van der Waals surface area contributed by atoms with Crippen LogP contribution >= 0.6 is 0 Å². The van der Waals surface area contributed by atoms with Crippen LogP contribution < -0.4 is 5.32 Å². The monoisotopic (exact) mass is 359 g/mol. The summed E-state index contributed by atoms with van der Waals surface area (Å²) in [6.07, 6.45) is -4.22. The molecule has 1 rings (SSSR count). The van der Waals surface area contributed by atoms with Crippen LogP contribution in [0.5, 0.6) is 0 Å². The van der Waals surface area contributed by atoms with Crippen molar-refractivity contribution in [3.05, 3.63) is 0 Å². The Hall–Kier alpha value is -2.49. The summed E-state index contributed by atoms with van der Waals surface area (Å²) in [6.45, 7) is 4.31. The number of amides is 1. The van der Waals surface area contributed by atoms with Gasteiger partial charge in [-0.2, -0.15) is 0 Å². The highest BCUT2D eigenvalue weighted by molar-refractivity contribution is 5.75. The molecule has 1 heterocycles. The first kappa shape index (κ1) is 20.6. The first-order valence-electron chi connectivity index (χ1n) is 7.51. The molecule has 0 spiro atoms. The molecular formula is C15H21NO9. The van der Waals surface area contributed by atoms with Gasteiger partial charge in [-0.1, -0.05) is 0 Å². The maximum atomic E-state index is 11.5. The Kier molecular flexibility index (Phi) is 7.49. The van der Waals surface area contributed by atoms with Gasteiger partial charge in [0.15, 0.2) is 18.5 Å². The van der Waals surface area contributed by atoms with Gasteiger partial charge in [0.05, 0.1) is 0 Å². The first-order valence-corrected chi connectivity index (χ1v) is 7.51. The molecule has 0 radical (unpaired) electrons. The lowest BCUT2D eigenvalue weighted by atomic mass is 9.92. The summed E-state index contributed by atoms with van der Waals surface area (Å²) in [5, 5.41) is 2.46. The molecule has 5 atom stereocenters. The van der Waals surface area contributed by atoms with E-state index in [4.69, 9.17) is 18.9 Å². The number of rotatable bonds is 6. The minimum absolute atomic E-state index is 0.331. The molecule has 1 N–H and O–H groups in total. The van der Waals surface area contributed by atoms with E-state index in [0.29, 0.717) is 6.29 Å². The molecule has 0 aromatic carbocycles. The molecule has 0 aromatic heterocycles. The summed E-state index contributed by atoms with van der Waals surface area (Å²) in [7, 11) is 0. The Morgan fingerprint density at radius 2 is 1.52 bits per heavy atom. The first-order chi connectivity index (χ1) is 11.6. The van der Waals surface area contributed by atoms with Crippen molar-refractivity contribution in [2.45, 2.75) is 58.2 Å². The minimum atomic E-state index is -1.20. The predicted molar refractivity (Wildman–Crippen MR) is 80.1 cm³/mol. The van der Waals surface area contributed by atoms with Crippen molar-refractivity contribution in [1.82, 2.24) is 5.32 Å². The third kappa shape index (κ3) is 6.14. The third-order valence-electron chi connectivity index (χ3n) is 3.29. The zero-order valence-electron chi connectivity index (χ0n) is 14.3. The molecule has 0 saturated carbocycles. The summed E-state index contributed by atoms with van der Waals surface area (Å²) in [4.78, 5) is 56.7. The third-order valence-corrected chi connectivity index (χ3v) is 3.29. The zero-order chi connectivity index (χ0) is 19.1. The van der Waals surface area contributed by atoms with Crippen molar-refractivity contribution in [2.24, 2.45) is 0 Å². The highest BCUT2D eigenvalue weighted by atomic mass is 16.6. The van der Waals surface area contributed by atoms with Crippen molar-refractivity contribution in [3.8, 4) is 0 Å². The summed E-state index contributed by atoms with van der Waals surface area (Å²) in [6, 6.07) is -1.07. The SMILES string of the molecule is CC(=O)N[C@@H]1[C@@H](OC(C)=O)[C@H](OC(C)=O)[C@@H](COC(C)=O)O[C@H]1C=O. The number of esters is 3. The summed E-state index contributed by atoms with van der Waals surface area (Å²) >= 11 is 0. The lowest BCUT2D eigenvalue weighted by Crippen LogP contribution is -2.66. The van der Waals surface area contributed by atoms with Gasteiger partial charge in [-0.3, -0.25) is 19.2 Å². The van der Waals surface area contributed by atoms with Crippen molar-refractivity contribution in [3.63, 3.8) is 0 Å². The molecule has 10 nitrogen and oxygen atoms in total. The normalized spacial score (nSPS) is 28.4. The van der Waals surface area contributed by atoms with E-state index in [2.05, 4.69) is 5.32 Å². The molecule has 0 aromatic rings. The van der Waals surface area contributed by atoms with Crippen molar-refractivity contribution >= 4 is 30.1 Å². The quantitative estimate of drug-likeness (QED) is 0.355. The number of carbonyl (C=O) groups excluding carboxylic acids is 5. The van der Waals surface area contributed by atoms with Crippen LogP contribution in [0.3, 0.4) is 0 Å². The van der Waals surface area contributed by atoms with Crippen LogP contribution in [-0.2, 0) is 42.9 Å². The number of hydrogen-bond donors (Lipinski definition) is 1. The summed E-state index contributed by atoms with van der Waals surface area (Å²) in [5.41, 5.74) is 0. The van der Waals surface area contributed by atoms with Crippen molar-refractivity contribution in [1.29, 1.82) is 0 Å². The lowest BCUT2D eigenvalue weighted by molar-refractivity contribution is -0.219. The van der Waals surface area contributed by atoms with Crippen molar-refractivity contribution in [2.75, 3.05) is 6.61 Å². The number of ether oxygens (including phenoxy) is 4. The smallest absolute Gasteiger partial charge is 0.303 e. The van der Waals surface area contributed by atoms with E-state index in [1.807, 2.05) is 0 Å². The molecule has 0 bridgehead atoms. The van der Waals surface area contributed by atoms with Gasteiger partial charge >= 0.3 is 17.9 Å². The van der Waals surface area contributed by atoms with Gasteiger partial charge in [0.1, 0.15) is 24.9 Å². The average molecular weight is 359 g/mol. The summed E-state index contributed by atoms with van der Waals surface area (Å²) < 4.78 is 20.7. The topological polar surface area (TPSA) is 134 Å². The molecular weight excluding hydrogens is 338 g/mol. The van der Waals surface area contributed by atoms with Gasteiger partial charge in [0.2, 0.25) is 5.91 Å². The predicted octanol–water partition coefficient (Wildman–Crippen LogP) is -1.12. The minimum Gasteiger partial charge on any atom is -0.463 e. The van der Waals surface area contributed by atoms with Crippen LogP contribution in [0.25, 0.3) is 0 Å². The maximum absolute atomic E-state index is 11.5. The van der Waals surface area contributed by atoms with Crippen LogP contribution in [0.15, 0.2) is 0 Å². The molecule has 1 aliphatic rings. The molecule has 1 aliphatic heterocycles. The van der Waals surface area contributed by atoms with Crippen LogP contribution in [-0.4, -0.2) is 67.2 Å². The zero-order valence-corrected chi connectivity index (χ0v) is 14.3. The largest absolute Gasteiger partial charge is 0.463 e. The Balaban J connectivity index is 3.20. The standard InChI is InChI=1S/C15H21NO9/c1-7(18)16-13-11(5-17)25-12(6-22-8(2)19)14(23-9(3)20)15(13)24-10(4)21/h5,11-15H,6H2,1-4H3,(H,16,18)/t11-,12+,13-,14+,15+/m0/s1. The van der Waals surface area contributed by atoms with Gasteiger partial charge in [-0.05, 0) is 0 Å². The number of nitrogens with one attached hydrogen (secondary N) is 1. The number of aldehydes is 1. The number of hydrogen-bond acceptors (Lipinski definition) is 9.